The van der Waals surface area contributed by atoms with E-state index in [1.54, 1.807) is 12.1 Å². The number of hydrogen-bond acceptors (Lipinski definition) is 4. The third-order valence-electron chi connectivity index (χ3n) is 4.93. The van der Waals surface area contributed by atoms with Crippen molar-refractivity contribution in [3.63, 3.8) is 0 Å². The quantitative estimate of drug-likeness (QED) is 0.559. The first kappa shape index (κ1) is 22.7. The Morgan fingerprint density at radius 1 is 0.929 bits per heavy atom. The lowest BCUT2D eigenvalue weighted by Gasteiger charge is -2.26. The van der Waals surface area contributed by atoms with Crippen molar-refractivity contribution in [3.8, 4) is 0 Å². The van der Waals surface area contributed by atoms with Crippen LogP contribution in [-0.4, -0.2) is 25.8 Å². The largest absolute Gasteiger partial charge is 0.378 e. The van der Waals surface area contributed by atoms with E-state index in [0.29, 0.717) is 29.3 Å². The number of aliphatic hydroxyl groups is 1. The summed E-state index contributed by atoms with van der Waals surface area (Å²) in [5.41, 5.74) is 2.81. The molecule has 0 radical (unpaired) electrons. The summed E-state index contributed by atoms with van der Waals surface area (Å²) in [5.74, 6) is -0.350. The number of benzene rings is 2. The van der Waals surface area contributed by atoms with Gasteiger partial charge in [-0.05, 0) is 53.6 Å². The van der Waals surface area contributed by atoms with Crippen LogP contribution in [0.2, 0.25) is 0 Å². The van der Waals surface area contributed by atoms with Gasteiger partial charge in [-0.2, -0.15) is 0 Å². The van der Waals surface area contributed by atoms with Crippen molar-refractivity contribution in [2.24, 2.45) is 5.92 Å². The van der Waals surface area contributed by atoms with Crippen LogP contribution in [0.1, 0.15) is 57.0 Å². The summed E-state index contributed by atoms with van der Waals surface area (Å²) in [5, 5.41) is 11.6. The SMILES string of the molecule is CC(C)CCO[P@@](=O)(c1ccc(N(C)C)cc1)[C@H](O)c1ccc(C(C)C)cc1. The molecule has 0 saturated carbocycles. The molecule has 2 aromatic carbocycles. The second-order valence-electron chi connectivity index (χ2n) is 8.22. The minimum absolute atomic E-state index is 0.353. The van der Waals surface area contributed by atoms with Gasteiger partial charge in [-0.25, -0.2) is 0 Å². The molecule has 5 heteroatoms. The molecule has 0 aliphatic carbocycles. The van der Waals surface area contributed by atoms with E-state index in [2.05, 4.69) is 27.7 Å². The zero-order valence-electron chi connectivity index (χ0n) is 17.9. The van der Waals surface area contributed by atoms with E-state index in [4.69, 9.17) is 4.52 Å². The van der Waals surface area contributed by atoms with Gasteiger partial charge in [-0.15, -0.1) is 0 Å². The first-order valence-corrected chi connectivity index (χ1v) is 11.6. The second kappa shape index (κ2) is 9.73. The van der Waals surface area contributed by atoms with Crippen molar-refractivity contribution in [2.45, 2.75) is 45.9 Å². The Morgan fingerprint density at radius 2 is 1.46 bits per heavy atom. The summed E-state index contributed by atoms with van der Waals surface area (Å²) in [6, 6.07) is 15.1. The van der Waals surface area contributed by atoms with Gasteiger partial charge in [0.1, 0.15) is 0 Å². The summed E-state index contributed by atoms with van der Waals surface area (Å²) in [7, 11) is 0.422. The Balaban J connectivity index is 2.37. The van der Waals surface area contributed by atoms with Crippen molar-refractivity contribution in [3.05, 3.63) is 59.7 Å². The molecule has 2 atom stereocenters. The van der Waals surface area contributed by atoms with Gasteiger partial charge in [0.2, 0.25) is 0 Å². The molecule has 0 heterocycles. The van der Waals surface area contributed by atoms with Crippen LogP contribution in [0.3, 0.4) is 0 Å². The Labute approximate surface area is 170 Å². The van der Waals surface area contributed by atoms with Crippen molar-refractivity contribution < 1.29 is 14.2 Å². The Morgan fingerprint density at radius 3 is 1.93 bits per heavy atom. The first-order valence-electron chi connectivity index (χ1n) is 9.95. The average Bonchev–Trinajstić information content (AvgIpc) is 2.67. The van der Waals surface area contributed by atoms with Crippen molar-refractivity contribution in [2.75, 3.05) is 25.6 Å². The molecule has 154 valence electrons. The van der Waals surface area contributed by atoms with E-state index in [1.165, 1.54) is 5.56 Å². The van der Waals surface area contributed by atoms with Gasteiger partial charge in [0.25, 0.3) is 7.37 Å². The Kier molecular flexibility index (Phi) is 7.88. The molecule has 2 rings (SSSR count). The highest BCUT2D eigenvalue weighted by atomic mass is 31.2. The van der Waals surface area contributed by atoms with E-state index in [9.17, 15) is 9.67 Å². The highest BCUT2D eigenvalue weighted by Crippen LogP contribution is 2.58. The zero-order valence-corrected chi connectivity index (χ0v) is 18.8. The molecule has 2 aromatic rings. The molecule has 4 nitrogen and oxygen atoms in total. The van der Waals surface area contributed by atoms with Crippen LogP contribution >= 0.6 is 7.37 Å². The van der Waals surface area contributed by atoms with E-state index in [-0.39, 0.29) is 0 Å². The van der Waals surface area contributed by atoms with E-state index in [1.807, 2.05) is 55.4 Å². The molecule has 0 spiro atoms. The Hall–Kier alpha value is -1.61. The van der Waals surface area contributed by atoms with Crippen molar-refractivity contribution >= 4 is 18.4 Å². The number of hydrogen-bond donors (Lipinski definition) is 1. The van der Waals surface area contributed by atoms with Crippen LogP contribution in [0.25, 0.3) is 0 Å². The van der Waals surface area contributed by atoms with Gasteiger partial charge in [0.05, 0.1) is 6.61 Å². The topological polar surface area (TPSA) is 49.8 Å². The molecule has 28 heavy (non-hydrogen) atoms. The van der Waals surface area contributed by atoms with Crippen molar-refractivity contribution in [1.29, 1.82) is 0 Å². The van der Waals surface area contributed by atoms with Gasteiger partial charge in [-0.3, -0.25) is 4.57 Å². The highest BCUT2D eigenvalue weighted by Gasteiger charge is 2.36. The van der Waals surface area contributed by atoms with Crippen LogP contribution < -0.4 is 10.2 Å². The number of anilines is 1. The minimum atomic E-state index is -3.49. The minimum Gasteiger partial charge on any atom is -0.378 e. The maximum absolute atomic E-state index is 13.9. The summed E-state index contributed by atoms with van der Waals surface area (Å²) < 4.78 is 19.8. The fraction of sp³-hybridized carbons (Fsp3) is 0.478. The van der Waals surface area contributed by atoms with Crippen LogP contribution in [0, 0.1) is 5.92 Å². The molecule has 0 aromatic heterocycles. The summed E-state index contributed by atoms with van der Waals surface area (Å²) in [6.45, 7) is 8.79. The third-order valence-corrected chi connectivity index (χ3v) is 7.45. The number of rotatable bonds is 9. The lowest BCUT2D eigenvalue weighted by atomic mass is 10.0. The highest BCUT2D eigenvalue weighted by molar-refractivity contribution is 7.67. The van der Waals surface area contributed by atoms with Gasteiger partial charge < -0.3 is 14.5 Å². The molecular formula is C23H34NO3P. The normalized spacial score (nSPS) is 14.9. The van der Waals surface area contributed by atoms with Crippen molar-refractivity contribution in [1.82, 2.24) is 0 Å². The summed E-state index contributed by atoms with van der Waals surface area (Å²) >= 11 is 0. The van der Waals surface area contributed by atoms with Gasteiger partial charge in [0, 0.05) is 25.1 Å². The number of aliphatic hydroxyl groups excluding tert-OH is 1. The maximum Gasteiger partial charge on any atom is 0.264 e. The average molecular weight is 404 g/mol. The molecule has 0 aliphatic rings. The summed E-state index contributed by atoms with van der Waals surface area (Å²) in [4.78, 5) is 1.98. The van der Waals surface area contributed by atoms with Crippen LogP contribution in [0.4, 0.5) is 5.69 Å². The van der Waals surface area contributed by atoms with Gasteiger partial charge in [-0.1, -0.05) is 52.0 Å². The van der Waals surface area contributed by atoms with Crippen LogP contribution in [-0.2, 0) is 9.09 Å². The molecule has 0 aliphatic heterocycles. The zero-order chi connectivity index (χ0) is 20.9. The van der Waals surface area contributed by atoms with E-state index < -0.39 is 13.2 Å². The number of nitrogens with zero attached hydrogens (tertiary/aromatic N) is 1. The Bertz CT molecular complexity index is 782. The lowest BCUT2D eigenvalue weighted by Crippen LogP contribution is -2.17. The lowest BCUT2D eigenvalue weighted by molar-refractivity contribution is 0.209. The van der Waals surface area contributed by atoms with E-state index in [0.717, 1.165) is 12.1 Å². The molecule has 0 bridgehead atoms. The van der Waals surface area contributed by atoms with Crippen LogP contribution in [0.15, 0.2) is 48.5 Å². The molecule has 0 unspecified atom stereocenters. The second-order valence-corrected chi connectivity index (χ2v) is 10.7. The standard InChI is InChI=1S/C23H34NO3P/c1-17(2)15-16-27-28(26,22-13-11-21(12-14-22)24(5)6)23(25)20-9-7-19(8-10-20)18(3)4/h7-14,17-18,23,25H,15-16H2,1-6H3/t23-,28-/m0/s1. The maximum atomic E-state index is 13.9. The smallest absolute Gasteiger partial charge is 0.264 e. The van der Waals surface area contributed by atoms with Gasteiger partial charge >= 0.3 is 0 Å². The van der Waals surface area contributed by atoms with Crippen LogP contribution in [0.5, 0.6) is 0 Å². The first-order chi connectivity index (χ1) is 13.1. The fourth-order valence-corrected chi connectivity index (χ4v) is 5.00. The van der Waals surface area contributed by atoms with Gasteiger partial charge in [0.15, 0.2) is 5.85 Å². The molecular weight excluding hydrogens is 369 g/mol. The molecule has 0 saturated heterocycles. The third kappa shape index (κ3) is 5.47. The molecule has 0 fully saturated rings. The molecule has 0 amide bonds. The predicted octanol–water partition coefficient (Wildman–Crippen LogP) is 5.53. The fourth-order valence-electron chi connectivity index (χ4n) is 2.92. The monoisotopic (exact) mass is 403 g/mol. The predicted molar refractivity (Wildman–Crippen MR) is 119 cm³/mol. The molecule has 1 N–H and O–H groups in total. The summed E-state index contributed by atoms with van der Waals surface area (Å²) in [6.07, 6.45) is 0.790. The van der Waals surface area contributed by atoms with E-state index >= 15 is 0 Å².